The fourth-order valence-corrected chi connectivity index (χ4v) is 2.27. The molecule has 0 atom stereocenters. The van der Waals surface area contributed by atoms with Crippen LogP contribution in [0.4, 0.5) is 0 Å². The second-order valence-corrected chi connectivity index (χ2v) is 6.35. The van der Waals surface area contributed by atoms with Crippen molar-refractivity contribution in [3.8, 4) is 0 Å². The second kappa shape index (κ2) is 5.92. The van der Waals surface area contributed by atoms with Gasteiger partial charge in [-0.25, -0.2) is 0 Å². The molecule has 1 amide bonds. The van der Waals surface area contributed by atoms with Gasteiger partial charge in [0.05, 0.1) is 6.61 Å². The first kappa shape index (κ1) is 13.1. The third-order valence-corrected chi connectivity index (χ3v) is 4.83. The zero-order valence-corrected chi connectivity index (χ0v) is 10.7. The van der Waals surface area contributed by atoms with Crippen molar-refractivity contribution >= 4 is 24.4 Å². The number of hydrogen-bond acceptors (Lipinski definition) is 5. The Balaban J connectivity index is 2.26. The Hall–Kier alpha value is -0.000000000000000111. The van der Waals surface area contributed by atoms with Crippen molar-refractivity contribution in [1.82, 2.24) is 4.90 Å². The zero-order valence-electron chi connectivity index (χ0n) is 8.97. The second-order valence-electron chi connectivity index (χ2n) is 3.13. The molecule has 0 aromatic rings. The molecule has 7 heteroatoms. The minimum Gasteiger partial charge on any atom is -0.340 e. The summed E-state index contributed by atoms with van der Waals surface area (Å²) in [5.74, 6) is 0.182. The fourth-order valence-electron chi connectivity index (χ4n) is 1.38. The van der Waals surface area contributed by atoms with Crippen LogP contribution in [-0.4, -0.2) is 44.7 Å². The Kier molecular flexibility index (Phi) is 5.15. The lowest BCUT2D eigenvalue weighted by atomic mass is 10.4. The highest BCUT2D eigenvalue weighted by Gasteiger charge is 2.21. The van der Waals surface area contributed by atoms with Gasteiger partial charge in [0, 0.05) is 33.7 Å². The molecule has 0 aliphatic carbocycles. The Labute approximate surface area is 94.9 Å². The van der Waals surface area contributed by atoms with Gasteiger partial charge in [0.25, 0.3) is 0 Å². The van der Waals surface area contributed by atoms with Crippen molar-refractivity contribution in [2.45, 2.75) is 12.8 Å². The zero-order chi connectivity index (χ0) is 11.3. The maximum Gasteiger partial charge on any atom is 0.326 e. The van der Waals surface area contributed by atoms with Gasteiger partial charge in [-0.3, -0.25) is 4.79 Å². The quantitative estimate of drug-likeness (QED) is 0.664. The van der Waals surface area contributed by atoms with Gasteiger partial charge in [-0.2, -0.15) is 0 Å². The van der Waals surface area contributed by atoms with Gasteiger partial charge in [-0.15, -0.1) is 0 Å². The van der Waals surface area contributed by atoms with Crippen LogP contribution >= 0.6 is 6.72 Å². The monoisotopic (exact) mass is 253 g/mol. The SMILES string of the molecule is COP(=S)(OC)OCCN1CCCC1=O. The van der Waals surface area contributed by atoms with Crippen LogP contribution in [0.15, 0.2) is 0 Å². The first-order valence-electron chi connectivity index (χ1n) is 4.75. The summed E-state index contributed by atoms with van der Waals surface area (Å²) in [4.78, 5) is 13.0. The minimum atomic E-state index is -2.56. The van der Waals surface area contributed by atoms with E-state index in [2.05, 4.69) is 0 Å². The largest absolute Gasteiger partial charge is 0.340 e. The van der Waals surface area contributed by atoms with Crippen LogP contribution in [0.25, 0.3) is 0 Å². The lowest BCUT2D eigenvalue weighted by Crippen LogP contribution is -2.28. The number of likely N-dealkylation sites (tertiary alicyclic amines) is 1. The van der Waals surface area contributed by atoms with E-state index in [9.17, 15) is 4.79 Å². The van der Waals surface area contributed by atoms with Crippen LogP contribution in [0.5, 0.6) is 0 Å². The normalized spacial score (nSPS) is 17.5. The van der Waals surface area contributed by atoms with E-state index in [0.717, 1.165) is 13.0 Å². The Morgan fingerprint density at radius 3 is 2.60 bits per heavy atom. The number of hydrogen-bond donors (Lipinski definition) is 0. The smallest absolute Gasteiger partial charge is 0.326 e. The fraction of sp³-hybridized carbons (Fsp3) is 0.875. The highest BCUT2D eigenvalue weighted by Crippen LogP contribution is 2.47. The van der Waals surface area contributed by atoms with Crippen LogP contribution in [-0.2, 0) is 30.2 Å². The summed E-state index contributed by atoms with van der Waals surface area (Å²) in [5.41, 5.74) is 0. The third-order valence-electron chi connectivity index (χ3n) is 2.23. The van der Waals surface area contributed by atoms with Gasteiger partial charge >= 0.3 is 6.72 Å². The summed E-state index contributed by atoms with van der Waals surface area (Å²) in [6.45, 7) is -0.827. The van der Waals surface area contributed by atoms with Crippen LogP contribution in [0.3, 0.4) is 0 Å². The molecule has 15 heavy (non-hydrogen) atoms. The summed E-state index contributed by atoms with van der Waals surface area (Å²) < 4.78 is 15.2. The van der Waals surface area contributed by atoms with Crippen molar-refractivity contribution in [2.75, 3.05) is 33.9 Å². The molecule has 1 rings (SSSR count). The lowest BCUT2D eigenvalue weighted by Gasteiger charge is -2.20. The molecule has 1 aliphatic rings. The van der Waals surface area contributed by atoms with E-state index < -0.39 is 6.72 Å². The minimum absolute atomic E-state index is 0.182. The molecule has 88 valence electrons. The lowest BCUT2D eigenvalue weighted by molar-refractivity contribution is -0.128. The number of carbonyl (C=O) groups is 1. The molecule has 0 N–H and O–H groups in total. The van der Waals surface area contributed by atoms with Gasteiger partial charge in [0.1, 0.15) is 0 Å². The number of rotatable bonds is 6. The predicted octanol–water partition coefficient (Wildman–Crippen LogP) is 1.14. The van der Waals surface area contributed by atoms with Crippen molar-refractivity contribution in [2.24, 2.45) is 0 Å². The van der Waals surface area contributed by atoms with Gasteiger partial charge in [-0.05, 0) is 18.2 Å². The van der Waals surface area contributed by atoms with E-state index in [-0.39, 0.29) is 5.91 Å². The van der Waals surface area contributed by atoms with Crippen LogP contribution in [0.2, 0.25) is 0 Å². The highest BCUT2D eigenvalue weighted by atomic mass is 32.5. The van der Waals surface area contributed by atoms with Crippen LogP contribution in [0.1, 0.15) is 12.8 Å². The van der Waals surface area contributed by atoms with E-state index in [1.54, 1.807) is 4.90 Å². The van der Waals surface area contributed by atoms with Crippen LogP contribution < -0.4 is 0 Å². The maximum atomic E-state index is 11.3. The first-order chi connectivity index (χ1) is 7.11. The molecule has 0 unspecified atom stereocenters. The molecule has 1 aliphatic heterocycles. The molecule has 0 aromatic heterocycles. The molecule has 5 nitrogen and oxygen atoms in total. The third kappa shape index (κ3) is 3.81. The molecule has 0 bridgehead atoms. The summed E-state index contributed by atoms with van der Waals surface area (Å²) >= 11 is 5.01. The molecule has 1 saturated heterocycles. The molecule has 1 heterocycles. The predicted molar refractivity (Wildman–Crippen MR) is 60.1 cm³/mol. The summed E-state index contributed by atoms with van der Waals surface area (Å²) in [7, 11) is 2.93. The van der Waals surface area contributed by atoms with Gasteiger partial charge in [-0.1, -0.05) is 0 Å². The van der Waals surface area contributed by atoms with Gasteiger partial charge < -0.3 is 18.5 Å². The summed E-state index contributed by atoms with van der Waals surface area (Å²) in [5, 5.41) is 0. The van der Waals surface area contributed by atoms with Crippen LogP contribution in [0, 0.1) is 0 Å². The van der Waals surface area contributed by atoms with Crippen molar-refractivity contribution < 1.29 is 18.4 Å². The first-order valence-corrected chi connectivity index (χ1v) is 7.31. The van der Waals surface area contributed by atoms with E-state index >= 15 is 0 Å². The maximum absolute atomic E-state index is 11.3. The van der Waals surface area contributed by atoms with E-state index in [1.165, 1.54) is 14.2 Å². The van der Waals surface area contributed by atoms with Crippen molar-refractivity contribution in [1.29, 1.82) is 0 Å². The van der Waals surface area contributed by atoms with Crippen molar-refractivity contribution in [3.63, 3.8) is 0 Å². The Morgan fingerprint density at radius 2 is 2.13 bits per heavy atom. The van der Waals surface area contributed by atoms with E-state index in [0.29, 0.717) is 19.6 Å². The topological polar surface area (TPSA) is 48.0 Å². The molecule has 0 saturated carbocycles. The average molecular weight is 253 g/mol. The number of carbonyl (C=O) groups excluding carboxylic acids is 1. The molecular formula is C8H16NO4PS. The van der Waals surface area contributed by atoms with E-state index in [4.69, 9.17) is 25.4 Å². The molecule has 0 spiro atoms. The Morgan fingerprint density at radius 1 is 1.47 bits per heavy atom. The molecule has 0 radical (unpaired) electrons. The highest BCUT2D eigenvalue weighted by molar-refractivity contribution is 8.07. The van der Waals surface area contributed by atoms with Gasteiger partial charge in [0.2, 0.25) is 5.91 Å². The van der Waals surface area contributed by atoms with Gasteiger partial charge in [0.15, 0.2) is 0 Å². The number of amides is 1. The number of nitrogens with zero attached hydrogens (tertiary/aromatic N) is 1. The Bertz CT molecular complexity index is 265. The van der Waals surface area contributed by atoms with E-state index in [1.807, 2.05) is 0 Å². The standard InChI is InChI=1S/C8H16NO4PS/c1-11-14(15,12-2)13-7-6-9-5-3-4-8(9)10/h3-7H2,1-2H3. The summed E-state index contributed by atoms with van der Waals surface area (Å²) in [6, 6.07) is 0. The van der Waals surface area contributed by atoms with Crippen molar-refractivity contribution in [3.05, 3.63) is 0 Å². The summed E-state index contributed by atoms with van der Waals surface area (Å²) in [6.07, 6.45) is 1.57. The average Bonchev–Trinajstić information content (AvgIpc) is 2.64. The molecule has 0 aromatic carbocycles. The molecule has 1 fully saturated rings. The molecular weight excluding hydrogens is 237 g/mol.